The summed E-state index contributed by atoms with van der Waals surface area (Å²) in [5.74, 6) is 0.655. The Labute approximate surface area is 152 Å². The van der Waals surface area contributed by atoms with Gasteiger partial charge >= 0.3 is 0 Å². The second-order valence-corrected chi connectivity index (χ2v) is 5.87. The van der Waals surface area contributed by atoms with Crippen molar-refractivity contribution in [2.24, 2.45) is 7.05 Å². The van der Waals surface area contributed by atoms with Crippen molar-refractivity contribution in [3.63, 3.8) is 0 Å². The first-order valence-electron chi connectivity index (χ1n) is 7.97. The molecular weight excluding hydrogens is 347 g/mol. The number of nitrogens with zero attached hydrogens (tertiary/aromatic N) is 3. The second kappa shape index (κ2) is 8.31. The maximum absolute atomic E-state index is 13.3. The lowest BCUT2D eigenvalue weighted by atomic mass is 10.1. The number of carbonyl (C=O) groups excluding carboxylic acids is 1. The SMILES string of the molecule is CC(Oc1cccc(F)c1)C(=O)N1CCNCC1c1nccn1C.Cl. The molecule has 0 saturated carbocycles. The minimum Gasteiger partial charge on any atom is -0.481 e. The fraction of sp³-hybridized carbons (Fsp3) is 0.412. The van der Waals surface area contributed by atoms with Crippen molar-refractivity contribution < 1.29 is 13.9 Å². The molecule has 0 radical (unpaired) electrons. The second-order valence-electron chi connectivity index (χ2n) is 5.87. The van der Waals surface area contributed by atoms with Crippen LogP contribution in [0.5, 0.6) is 5.75 Å². The molecule has 1 fully saturated rings. The molecule has 6 nitrogen and oxygen atoms in total. The monoisotopic (exact) mass is 368 g/mol. The molecule has 1 aromatic carbocycles. The third-order valence-corrected chi connectivity index (χ3v) is 4.14. The molecular formula is C17H22ClFN4O2. The van der Waals surface area contributed by atoms with E-state index in [-0.39, 0.29) is 30.2 Å². The summed E-state index contributed by atoms with van der Waals surface area (Å²) in [4.78, 5) is 19.0. The van der Waals surface area contributed by atoms with Crippen molar-refractivity contribution in [2.45, 2.75) is 19.1 Å². The van der Waals surface area contributed by atoms with E-state index in [9.17, 15) is 9.18 Å². The molecule has 0 spiro atoms. The number of carbonyl (C=O) groups is 1. The van der Waals surface area contributed by atoms with Gasteiger partial charge in [-0.05, 0) is 19.1 Å². The Morgan fingerprint density at radius 2 is 2.28 bits per heavy atom. The molecule has 25 heavy (non-hydrogen) atoms. The van der Waals surface area contributed by atoms with Crippen molar-refractivity contribution in [2.75, 3.05) is 19.6 Å². The predicted octanol–water partition coefficient (Wildman–Crippen LogP) is 1.92. The van der Waals surface area contributed by atoms with Gasteiger partial charge in [-0.15, -0.1) is 12.4 Å². The van der Waals surface area contributed by atoms with Gasteiger partial charge in [0.1, 0.15) is 23.4 Å². The zero-order valence-electron chi connectivity index (χ0n) is 14.2. The standard InChI is InChI=1S/C17H21FN4O2.ClH/c1-12(24-14-5-3-4-13(18)10-14)17(23)22-9-6-19-11-15(22)16-20-7-8-21(16)2;/h3-5,7-8,10,12,15,19H,6,9,11H2,1-2H3;1H. The van der Waals surface area contributed by atoms with Gasteiger partial charge in [-0.1, -0.05) is 6.07 Å². The maximum Gasteiger partial charge on any atom is 0.264 e. The molecule has 2 aromatic rings. The minimum atomic E-state index is -0.701. The van der Waals surface area contributed by atoms with Crippen LogP contribution in [0.2, 0.25) is 0 Å². The molecule has 1 amide bonds. The number of benzene rings is 1. The quantitative estimate of drug-likeness (QED) is 0.895. The molecule has 1 aromatic heterocycles. The van der Waals surface area contributed by atoms with E-state index in [2.05, 4.69) is 10.3 Å². The maximum atomic E-state index is 13.3. The third-order valence-electron chi connectivity index (χ3n) is 4.14. The van der Waals surface area contributed by atoms with Gasteiger partial charge in [0.15, 0.2) is 6.10 Å². The van der Waals surface area contributed by atoms with Crippen LogP contribution in [-0.4, -0.2) is 46.1 Å². The average molecular weight is 369 g/mol. The van der Waals surface area contributed by atoms with Gasteiger partial charge < -0.3 is 19.5 Å². The van der Waals surface area contributed by atoms with Gasteiger partial charge in [-0.25, -0.2) is 9.37 Å². The Balaban J connectivity index is 0.00000225. The van der Waals surface area contributed by atoms with Gasteiger partial charge in [-0.3, -0.25) is 4.79 Å². The number of nitrogens with one attached hydrogen (secondary N) is 1. The van der Waals surface area contributed by atoms with E-state index in [0.717, 1.165) is 12.4 Å². The highest BCUT2D eigenvalue weighted by molar-refractivity contribution is 5.85. The van der Waals surface area contributed by atoms with Crippen LogP contribution in [0.25, 0.3) is 0 Å². The molecule has 1 aliphatic rings. The predicted molar refractivity (Wildman–Crippen MR) is 94.3 cm³/mol. The van der Waals surface area contributed by atoms with Crippen LogP contribution >= 0.6 is 12.4 Å². The van der Waals surface area contributed by atoms with Gasteiger partial charge in [0.2, 0.25) is 0 Å². The summed E-state index contributed by atoms with van der Waals surface area (Å²) in [7, 11) is 1.91. The smallest absolute Gasteiger partial charge is 0.264 e. The van der Waals surface area contributed by atoms with Crippen LogP contribution in [0.1, 0.15) is 18.8 Å². The van der Waals surface area contributed by atoms with E-state index in [4.69, 9.17) is 4.74 Å². The average Bonchev–Trinajstić information content (AvgIpc) is 3.00. The molecule has 136 valence electrons. The number of rotatable bonds is 4. The van der Waals surface area contributed by atoms with Crippen molar-refractivity contribution in [1.29, 1.82) is 0 Å². The van der Waals surface area contributed by atoms with E-state index in [0.29, 0.717) is 18.8 Å². The number of halogens is 2. The van der Waals surface area contributed by atoms with Gasteiger partial charge in [0, 0.05) is 45.1 Å². The molecule has 2 atom stereocenters. The first kappa shape index (κ1) is 19.2. The van der Waals surface area contributed by atoms with Crippen LogP contribution in [0.15, 0.2) is 36.7 Å². The third kappa shape index (κ3) is 4.29. The fourth-order valence-electron chi connectivity index (χ4n) is 2.93. The van der Waals surface area contributed by atoms with Crippen LogP contribution < -0.4 is 10.1 Å². The molecule has 2 heterocycles. The van der Waals surface area contributed by atoms with Gasteiger partial charge in [0.25, 0.3) is 5.91 Å². The van der Waals surface area contributed by atoms with E-state index in [1.54, 1.807) is 30.2 Å². The zero-order chi connectivity index (χ0) is 17.1. The first-order chi connectivity index (χ1) is 11.6. The van der Waals surface area contributed by atoms with Crippen LogP contribution in [0.3, 0.4) is 0 Å². The number of piperazine rings is 1. The van der Waals surface area contributed by atoms with Crippen LogP contribution in [-0.2, 0) is 11.8 Å². The van der Waals surface area contributed by atoms with Gasteiger partial charge in [0.05, 0.1) is 0 Å². The molecule has 3 rings (SSSR count). The fourth-order valence-corrected chi connectivity index (χ4v) is 2.93. The number of hydrogen-bond acceptors (Lipinski definition) is 4. The molecule has 0 bridgehead atoms. The number of aryl methyl sites for hydroxylation is 1. The summed E-state index contributed by atoms with van der Waals surface area (Å²) < 4.78 is 20.8. The lowest BCUT2D eigenvalue weighted by Gasteiger charge is -2.37. The Kier molecular flexibility index (Phi) is 6.39. The number of amides is 1. The summed E-state index contributed by atoms with van der Waals surface area (Å²) in [6, 6.07) is 5.67. The molecule has 1 saturated heterocycles. The van der Waals surface area contributed by atoms with Crippen molar-refractivity contribution in [1.82, 2.24) is 19.8 Å². The topological polar surface area (TPSA) is 59.4 Å². The Morgan fingerprint density at radius 1 is 1.48 bits per heavy atom. The number of aromatic nitrogens is 2. The number of hydrogen-bond donors (Lipinski definition) is 1. The first-order valence-corrected chi connectivity index (χ1v) is 7.97. The highest BCUT2D eigenvalue weighted by Crippen LogP contribution is 2.22. The van der Waals surface area contributed by atoms with Crippen molar-refractivity contribution in [3.8, 4) is 5.75 Å². The van der Waals surface area contributed by atoms with Crippen LogP contribution in [0.4, 0.5) is 4.39 Å². The highest BCUT2D eigenvalue weighted by Gasteiger charge is 2.33. The number of ether oxygens (including phenoxy) is 1. The van der Waals surface area contributed by atoms with Gasteiger partial charge in [-0.2, -0.15) is 0 Å². The Hall–Kier alpha value is -2.12. The molecule has 0 aliphatic carbocycles. The van der Waals surface area contributed by atoms with E-state index in [1.165, 1.54) is 12.1 Å². The van der Waals surface area contributed by atoms with Crippen molar-refractivity contribution in [3.05, 3.63) is 48.3 Å². The number of imidazole rings is 1. The Bertz CT molecular complexity index is 724. The molecule has 1 aliphatic heterocycles. The lowest BCUT2D eigenvalue weighted by Crippen LogP contribution is -2.52. The Morgan fingerprint density at radius 3 is 2.96 bits per heavy atom. The zero-order valence-corrected chi connectivity index (χ0v) is 15.0. The molecule has 1 N–H and O–H groups in total. The lowest BCUT2D eigenvalue weighted by molar-refractivity contribution is -0.141. The largest absolute Gasteiger partial charge is 0.481 e. The minimum absolute atomic E-state index is 0. The van der Waals surface area contributed by atoms with E-state index < -0.39 is 6.10 Å². The van der Waals surface area contributed by atoms with E-state index >= 15 is 0 Å². The summed E-state index contributed by atoms with van der Waals surface area (Å²) >= 11 is 0. The summed E-state index contributed by atoms with van der Waals surface area (Å²) in [5, 5.41) is 3.29. The summed E-state index contributed by atoms with van der Waals surface area (Å²) in [5.41, 5.74) is 0. The summed E-state index contributed by atoms with van der Waals surface area (Å²) in [6.45, 7) is 3.63. The van der Waals surface area contributed by atoms with Crippen LogP contribution in [0, 0.1) is 5.82 Å². The van der Waals surface area contributed by atoms with E-state index in [1.807, 2.05) is 17.8 Å². The highest BCUT2D eigenvalue weighted by atomic mass is 35.5. The normalized spacial score (nSPS) is 18.4. The molecule has 8 heteroatoms. The molecule has 2 unspecified atom stereocenters. The summed E-state index contributed by atoms with van der Waals surface area (Å²) in [6.07, 6.45) is 2.88. The van der Waals surface area contributed by atoms with Crippen molar-refractivity contribution >= 4 is 18.3 Å².